The van der Waals surface area contributed by atoms with Crippen LogP contribution in [0.15, 0.2) is 18.2 Å². The van der Waals surface area contributed by atoms with Gasteiger partial charge in [0.05, 0.1) is 11.0 Å². The summed E-state index contributed by atoms with van der Waals surface area (Å²) in [5, 5.41) is 18.7. The standard InChI is InChI=1S/C12H12N2O3/c1-14-9-3-2-7(15)6-8(9)13-10(14)12(4-5-12)11(16)17/h2-3,6,15H,4-5H2,1H3,(H,16,17). The van der Waals surface area contributed by atoms with E-state index < -0.39 is 11.4 Å². The monoisotopic (exact) mass is 232 g/mol. The summed E-state index contributed by atoms with van der Waals surface area (Å²) >= 11 is 0. The Morgan fingerprint density at radius 3 is 2.76 bits per heavy atom. The fourth-order valence-corrected chi connectivity index (χ4v) is 2.27. The summed E-state index contributed by atoms with van der Waals surface area (Å²) in [6.45, 7) is 0. The van der Waals surface area contributed by atoms with Crippen LogP contribution >= 0.6 is 0 Å². The number of aryl methyl sites for hydroxylation is 1. The second kappa shape index (κ2) is 3.00. The van der Waals surface area contributed by atoms with Crippen LogP contribution in [0.25, 0.3) is 11.0 Å². The van der Waals surface area contributed by atoms with Crippen molar-refractivity contribution in [1.82, 2.24) is 9.55 Å². The lowest BCUT2D eigenvalue weighted by atomic mass is 10.1. The maximum Gasteiger partial charge on any atom is 0.317 e. The third-order valence-electron chi connectivity index (χ3n) is 3.45. The first-order valence-electron chi connectivity index (χ1n) is 5.44. The van der Waals surface area contributed by atoms with Gasteiger partial charge in [-0.1, -0.05) is 0 Å². The molecule has 2 aromatic rings. The first-order chi connectivity index (χ1) is 8.04. The molecule has 0 unspecified atom stereocenters. The molecule has 0 atom stereocenters. The molecule has 0 amide bonds. The number of nitrogens with zero attached hydrogens (tertiary/aromatic N) is 2. The smallest absolute Gasteiger partial charge is 0.317 e. The first-order valence-corrected chi connectivity index (χ1v) is 5.44. The SMILES string of the molecule is Cn1c(C2(C(=O)O)CC2)nc2cc(O)ccc21. The maximum atomic E-state index is 11.3. The molecule has 3 rings (SSSR count). The number of aliphatic carboxylic acids is 1. The van der Waals surface area contributed by atoms with E-state index in [0.717, 1.165) is 5.52 Å². The van der Waals surface area contributed by atoms with Crippen molar-refractivity contribution in [3.63, 3.8) is 0 Å². The number of rotatable bonds is 2. The molecule has 0 spiro atoms. The molecule has 2 N–H and O–H groups in total. The molecule has 1 saturated carbocycles. The van der Waals surface area contributed by atoms with Crippen molar-refractivity contribution in [2.75, 3.05) is 0 Å². The number of imidazole rings is 1. The normalized spacial score (nSPS) is 17.2. The van der Waals surface area contributed by atoms with Gasteiger partial charge in [0.15, 0.2) is 0 Å². The van der Waals surface area contributed by atoms with Gasteiger partial charge in [0.2, 0.25) is 0 Å². The third kappa shape index (κ3) is 1.25. The van der Waals surface area contributed by atoms with E-state index in [0.29, 0.717) is 24.2 Å². The number of aromatic hydroxyl groups is 1. The summed E-state index contributed by atoms with van der Waals surface area (Å²) in [6.07, 6.45) is 1.26. The summed E-state index contributed by atoms with van der Waals surface area (Å²) in [5.41, 5.74) is 0.656. The number of benzene rings is 1. The van der Waals surface area contributed by atoms with Crippen LogP contribution in [-0.4, -0.2) is 25.7 Å². The first kappa shape index (κ1) is 10.1. The number of phenols is 1. The van der Waals surface area contributed by atoms with Crippen molar-refractivity contribution in [2.45, 2.75) is 18.3 Å². The quantitative estimate of drug-likeness (QED) is 0.820. The highest BCUT2D eigenvalue weighted by Gasteiger charge is 2.55. The van der Waals surface area contributed by atoms with Crippen LogP contribution in [0.2, 0.25) is 0 Å². The molecule has 0 saturated heterocycles. The summed E-state index contributed by atoms with van der Waals surface area (Å²) < 4.78 is 1.80. The number of hydrogen-bond donors (Lipinski definition) is 2. The van der Waals surface area contributed by atoms with Gasteiger partial charge in [0.25, 0.3) is 0 Å². The van der Waals surface area contributed by atoms with E-state index in [1.54, 1.807) is 22.8 Å². The Kier molecular flexibility index (Phi) is 1.79. The van der Waals surface area contributed by atoms with Gasteiger partial charge < -0.3 is 14.8 Å². The number of aromatic nitrogens is 2. The lowest BCUT2D eigenvalue weighted by Crippen LogP contribution is -2.23. The number of fused-ring (bicyclic) bond motifs is 1. The van der Waals surface area contributed by atoms with Gasteiger partial charge in [0, 0.05) is 13.1 Å². The summed E-state index contributed by atoms with van der Waals surface area (Å²) in [7, 11) is 1.81. The van der Waals surface area contributed by atoms with E-state index in [-0.39, 0.29) is 5.75 Å². The van der Waals surface area contributed by atoms with E-state index in [1.807, 2.05) is 7.05 Å². The van der Waals surface area contributed by atoms with Gasteiger partial charge in [0.1, 0.15) is 17.0 Å². The lowest BCUT2D eigenvalue weighted by Gasteiger charge is -2.09. The highest BCUT2D eigenvalue weighted by molar-refractivity contribution is 5.86. The number of carboxylic acids is 1. The van der Waals surface area contributed by atoms with Crippen molar-refractivity contribution in [2.24, 2.45) is 7.05 Å². The Bertz CT molecular complexity index is 626. The molecule has 1 aromatic carbocycles. The molecule has 1 fully saturated rings. The second-order valence-corrected chi connectivity index (χ2v) is 4.55. The average Bonchev–Trinajstić information content (AvgIpc) is 3.01. The molecule has 0 radical (unpaired) electrons. The molecule has 88 valence electrons. The fraction of sp³-hybridized carbons (Fsp3) is 0.333. The van der Waals surface area contributed by atoms with Gasteiger partial charge >= 0.3 is 5.97 Å². The molecule has 0 bridgehead atoms. The fourth-order valence-electron chi connectivity index (χ4n) is 2.27. The van der Waals surface area contributed by atoms with Crippen molar-refractivity contribution >= 4 is 17.0 Å². The molecular formula is C12H12N2O3. The van der Waals surface area contributed by atoms with Crippen LogP contribution in [0.4, 0.5) is 0 Å². The highest BCUT2D eigenvalue weighted by Crippen LogP contribution is 2.48. The Hall–Kier alpha value is -2.04. The molecule has 1 aliphatic rings. The topological polar surface area (TPSA) is 75.4 Å². The Morgan fingerprint density at radius 2 is 2.18 bits per heavy atom. The van der Waals surface area contributed by atoms with E-state index in [1.165, 1.54) is 0 Å². The molecule has 1 aromatic heterocycles. The number of carboxylic acid groups (broad SMARTS) is 1. The number of hydrogen-bond acceptors (Lipinski definition) is 3. The molecule has 0 aliphatic heterocycles. The molecule has 5 nitrogen and oxygen atoms in total. The van der Waals surface area contributed by atoms with Crippen LogP contribution in [-0.2, 0) is 17.3 Å². The molecule has 1 heterocycles. The predicted octanol–water partition coefficient (Wildman–Crippen LogP) is 1.40. The number of carbonyl (C=O) groups is 1. The second-order valence-electron chi connectivity index (χ2n) is 4.55. The van der Waals surface area contributed by atoms with E-state index >= 15 is 0 Å². The van der Waals surface area contributed by atoms with Gasteiger partial charge in [-0.3, -0.25) is 4.79 Å². The summed E-state index contributed by atoms with van der Waals surface area (Å²) in [5.74, 6) is -0.104. The maximum absolute atomic E-state index is 11.3. The van der Waals surface area contributed by atoms with Gasteiger partial charge in [-0.2, -0.15) is 0 Å². The van der Waals surface area contributed by atoms with Crippen LogP contribution in [0.1, 0.15) is 18.7 Å². The van der Waals surface area contributed by atoms with E-state index in [9.17, 15) is 15.0 Å². The molecular weight excluding hydrogens is 220 g/mol. The Balaban J connectivity index is 2.25. The molecule has 5 heteroatoms. The summed E-state index contributed by atoms with van der Waals surface area (Å²) in [6, 6.07) is 4.88. The van der Waals surface area contributed by atoms with Gasteiger partial charge in [-0.25, -0.2) is 4.98 Å². The van der Waals surface area contributed by atoms with E-state index in [4.69, 9.17) is 0 Å². The van der Waals surface area contributed by atoms with E-state index in [2.05, 4.69) is 4.98 Å². The largest absolute Gasteiger partial charge is 0.508 e. The number of phenolic OH excluding ortho intramolecular Hbond substituents is 1. The molecule has 1 aliphatic carbocycles. The van der Waals surface area contributed by atoms with Crippen LogP contribution < -0.4 is 0 Å². The highest BCUT2D eigenvalue weighted by atomic mass is 16.4. The van der Waals surface area contributed by atoms with Crippen molar-refractivity contribution < 1.29 is 15.0 Å². The minimum Gasteiger partial charge on any atom is -0.508 e. The molecule has 17 heavy (non-hydrogen) atoms. The minimum absolute atomic E-state index is 0.141. The predicted molar refractivity (Wildman–Crippen MR) is 60.9 cm³/mol. The van der Waals surface area contributed by atoms with Crippen LogP contribution in [0.3, 0.4) is 0 Å². The lowest BCUT2D eigenvalue weighted by molar-refractivity contribution is -0.140. The zero-order chi connectivity index (χ0) is 12.2. The zero-order valence-electron chi connectivity index (χ0n) is 9.34. The summed E-state index contributed by atoms with van der Waals surface area (Å²) in [4.78, 5) is 15.6. The van der Waals surface area contributed by atoms with Crippen molar-refractivity contribution in [1.29, 1.82) is 0 Å². The zero-order valence-corrected chi connectivity index (χ0v) is 9.34. The average molecular weight is 232 g/mol. The van der Waals surface area contributed by atoms with Crippen molar-refractivity contribution in [3.05, 3.63) is 24.0 Å². The minimum atomic E-state index is -0.819. The third-order valence-corrected chi connectivity index (χ3v) is 3.45. The Morgan fingerprint density at radius 1 is 1.47 bits per heavy atom. The van der Waals surface area contributed by atoms with Crippen molar-refractivity contribution in [3.8, 4) is 5.75 Å². The van der Waals surface area contributed by atoms with Gasteiger partial charge in [-0.15, -0.1) is 0 Å². The van der Waals surface area contributed by atoms with Crippen LogP contribution in [0, 0.1) is 0 Å². The van der Waals surface area contributed by atoms with Crippen LogP contribution in [0.5, 0.6) is 5.75 Å². The van der Waals surface area contributed by atoms with Gasteiger partial charge in [-0.05, 0) is 25.0 Å². The Labute approximate surface area is 97.3 Å².